The Labute approximate surface area is 76.4 Å². The predicted octanol–water partition coefficient (Wildman–Crippen LogP) is 1.54. The van der Waals surface area contributed by atoms with Crippen LogP contribution < -0.4 is 5.73 Å². The Morgan fingerprint density at radius 1 is 1.38 bits per heavy atom. The minimum absolute atomic E-state index is 0.217. The van der Waals surface area contributed by atoms with E-state index in [2.05, 4.69) is 0 Å². The van der Waals surface area contributed by atoms with Crippen LogP contribution in [-0.4, -0.2) is 24.7 Å². The summed E-state index contributed by atoms with van der Waals surface area (Å²) in [5, 5.41) is 0. The molecule has 2 heterocycles. The average molecular weight is 191 g/mol. The first-order valence-electron chi connectivity index (χ1n) is 4.86. The average Bonchev–Trinajstić information content (AvgIpc) is 2.64. The molecule has 2 saturated heterocycles. The van der Waals surface area contributed by atoms with Crippen LogP contribution in [0.2, 0.25) is 0 Å². The Hall–Kier alpha value is -0.220. The molecule has 2 rings (SSSR count). The second kappa shape index (κ2) is 3.50. The molecule has 2 aliphatic rings. The van der Waals surface area contributed by atoms with Crippen LogP contribution in [0.25, 0.3) is 0 Å². The molecule has 4 heteroatoms. The third-order valence-corrected chi connectivity index (χ3v) is 3.13. The van der Waals surface area contributed by atoms with Crippen molar-refractivity contribution in [3.63, 3.8) is 0 Å². The molecule has 4 atom stereocenters. The maximum Gasteiger partial charge on any atom is 0.253 e. The zero-order valence-electron chi connectivity index (χ0n) is 7.46. The predicted molar refractivity (Wildman–Crippen MR) is 44.6 cm³/mol. The van der Waals surface area contributed by atoms with Crippen LogP contribution in [0.4, 0.5) is 8.78 Å². The van der Waals surface area contributed by atoms with Crippen LogP contribution in [0.15, 0.2) is 0 Å². The number of hydrogen-bond acceptors (Lipinski definition) is 2. The third-order valence-electron chi connectivity index (χ3n) is 3.13. The van der Waals surface area contributed by atoms with Crippen molar-refractivity contribution in [2.75, 3.05) is 0 Å². The highest BCUT2D eigenvalue weighted by Crippen LogP contribution is 2.40. The zero-order chi connectivity index (χ0) is 9.42. The molecule has 0 amide bonds. The van der Waals surface area contributed by atoms with Crippen molar-refractivity contribution in [3.8, 4) is 0 Å². The largest absolute Gasteiger partial charge is 0.375 e. The molecular weight excluding hydrogens is 176 g/mol. The Kier molecular flexibility index (Phi) is 2.51. The fourth-order valence-electron chi connectivity index (χ4n) is 2.44. The summed E-state index contributed by atoms with van der Waals surface area (Å²) in [6.07, 6.45) is 1.65. The van der Waals surface area contributed by atoms with E-state index in [-0.39, 0.29) is 12.0 Å². The summed E-state index contributed by atoms with van der Waals surface area (Å²) in [5.41, 5.74) is 5.32. The van der Waals surface area contributed by atoms with E-state index < -0.39 is 12.5 Å². The van der Waals surface area contributed by atoms with Gasteiger partial charge < -0.3 is 10.5 Å². The molecule has 4 unspecified atom stereocenters. The fourth-order valence-corrected chi connectivity index (χ4v) is 2.44. The van der Waals surface area contributed by atoms with Crippen LogP contribution in [0, 0.1) is 5.92 Å². The summed E-state index contributed by atoms with van der Waals surface area (Å²) in [4.78, 5) is 0. The van der Waals surface area contributed by atoms with Crippen molar-refractivity contribution >= 4 is 0 Å². The quantitative estimate of drug-likeness (QED) is 0.734. The molecule has 2 aliphatic heterocycles. The van der Waals surface area contributed by atoms with E-state index >= 15 is 0 Å². The van der Waals surface area contributed by atoms with E-state index in [1.54, 1.807) is 0 Å². The van der Waals surface area contributed by atoms with E-state index in [4.69, 9.17) is 10.5 Å². The molecule has 2 bridgehead atoms. The topological polar surface area (TPSA) is 35.2 Å². The number of alkyl halides is 2. The van der Waals surface area contributed by atoms with Crippen LogP contribution in [-0.2, 0) is 4.74 Å². The van der Waals surface area contributed by atoms with Gasteiger partial charge in [-0.25, -0.2) is 8.78 Å². The Morgan fingerprint density at radius 3 is 2.62 bits per heavy atom. The molecule has 0 aromatic heterocycles. The highest BCUT2D eigenvalue weighted by Gasteiger charge is 2.41. The van der Waals surface area contributed by atoms with Gasteiger partial charge >= 0.3 is 0 Å². The smallest absolute Gasteiger partial charge is 0.253 e. The molecule has 0 radical (unpaired) electrons. The molecule has 0 spiro atoms. The minimum atomic E-state index is -2.39. The first-order valence-corrected chi connectivity index (χ1v) is 4.86. The van der Waals surface area contributed by atoms with Gasteiger partial charge in [0.25, 0.3) is 6.43 Å². The maximum absolute atomic E-state index is 12.2. The highest BCUT2D eigenvalue weighted by molar-refractivity contribution is 4.91. The van der Waals surface area contributed by atoms with Crippen molar-refractivity contribution in [1.29, 1.82) is 0 Å². The van der Waals surface area contributed by atoms with Gasteiger partial charge in [0.1, 0.15) is 0 Å². The summed E-state index contributed by atoms with van der Waals surface area (Å²) in [6.45, 7) is 0. The molecule has 0 aromatic carbocycles. The number of rotatable bonds is 3. The van der Waals surface area contributed by atoms with Gasteiger partial charge in [-0.2, -0.15) is 0 Å². The monoisotopic (exact) mass is 191 g/mol. The third kappa shape index (κ3) is 1.83. The summed E-state index contributed by atoms with van der Waals surface area (Å²) >= 11 is 0. The summed E-state index contributed by atoms with van der Waals surface area (Å²) < 4.78 is 29.9. The lowest BCUT2D eigenvalue weighted by Crippen LogP contribution is -2.33. The van der Waals surface area contributed by atoms with Crippen LogP contribution >= 0.6 is 0 Å². The second-order valence-corrected chi connectivity index (χ2v) is 4.10. The van der Waals surface area contributed by atoms with Gasteiger partial charge in [-0.15, -0.1) is 0 Å². The summed E-state index contributed by atoms with van der Waals surface area (Å²) in [5.74, 6) is 0.280. The summed E-state index contributed by atoms with van der Waals surface area (Å²) in [6, 6.07) is -0.965. The molecule has 76 valence electrons. The van der Waals surface area contributed by atoms with Crippen molar-refractivity contribution in [2.24, 2.45) is 11.7 Å². The van der Waals surface area contributed by atoms with Gasteiger partial charge in [0, 0.05) is 0 Å². The maximum atomic E-state index is 12.2. The van der Waals surface area contributed by atoms with E-state index in [1.807, 2.05) is 0 Å². The van der Waals surface area contributed by atoms with Gasteiger partial charge in [0.15, 0.2) is 0 Å². The Balaban J connectivity index is 1.83. The molecule has 2 N–H and O–H groups in total. The van der Waals surface area contributed by atoms with E-state index in [1.165, 1.54) is 0 Å². The Morgan fingerprint density at radius 2 is 2.15 bits per heavy atom. The lowest BCUT2D eigenvalue weighted by molar-refractivity contribution is 0.0741. The van der Waals surface area contributed by atoms with Crippen LogP contribution in [0.5, 0.6) is 0 Å². The van der Waals surface area contributed by atoms with E-state index in [9.17, 15) is 8.78 Å². The van der Waals surface area contributed by atoms with Crippen molar-refractivity contribution < 1.29 is 13.5 Å². The number of ether oxygens (including phenoxy) is 1. The highest BCUT2D eigenvalue weighted by atomic mass is 19.3. The first-order chi connectivity index (χ1) is 6.16. The number of nitrogens with two attached hydrogens (primary N) is 1. The van der Waals surface area contributed by atoms with Gasteiger partial charge in [-0.1, -0.05) is 0 Å². The number of hydrogen-bond donors (Lipinski definition) is 1. The standard InChI is InChI=1S/C9H15F2NO/c10-9(11)7(12)4-5-3-6-1-2-8(5)13-6/h5-9H,1-4,12H2. The number of halogens is 2. The van der Waals surface area contributed by atoms with Crippen molar-refractivity contribution in [1.82, 2.24) is 0 Å². The molecule has 2 nitrogen and oxygen atoms in total. The lowest BCUT2D eigenvalue weighted by Gasteiger charge is -2.21. The fraction of sp³-hybridized carbons (Fsp3) is 1.00. The first kappa shape index (κ1) is 9.34. The normalized spacial score (nSPS) is 40.2. The van der Waals surface area contributed by atoms with Crippen molar-refractivity contribution in [3.05, 3.63) is 0 Å². The zero-order valence-corrected chi connectivity index (χ0v) is 7.46. The van der Waals surface area contributed by atoms with Crippen LogP contribution in [0.3, 0.4) is 0 Å². The molecule has 2 fully saturated rings. The van der Waals surface area contributed by atoms with Gasteiger partial charge in [0.05, 0.1) is 18.2 Å². The van der Waals surface area contributed by atoms with Gasteiger partial charge in [-0.05, 0) is 31.6 Å². The minimum Gasteiger partial charge on any atom is -0.375 e. The second-order valence-electron chi connectivity index (χ2n) is 4.10. The van der Waals surface area contributed by atoms with E-state index in [0.29, 0.717) is 12.5 Å². The SMILES string of the molecule is NC(CC1CC2CCC1O2)C(F)F. The summed E-state index contributed by atoms with van der Waals surface area (Å²) in [7, 11) is 0. The Bertz CT molecular complexity index is 188. The molecular formula is C9H15F2NO. The lowest BCUT2D eigenvalue weighted by atomic mass is 9.85. The molecule has 0 aromatic rings. The molecule has 0 aliphatic carbocycles. The van der Waals surface area contributed by atoms with E-state index in [0.717, 1.165) is 19.3 Å². The van der Waals surface area contributed by atoms with Crippen molar-refractivity contribution in [2.45, 2.75) is 50.4 Å². The number of fused-ring (bicyclic) bond motifs is 2. The van der Waals surface area contributed by atoms with Gasteiger partial charge in [-0.3, -0.25) is 0 Å². The molecule has 0 saturated carbocycles. The van der Waals surface area contributed by atoms with Gasteiger partial charge in [0.2, 0.25) is 0 Å². The molecule has 13 heavy (non-hydrogen) atoms. The van der Waals surface area contributed by atoms with Crippen LogP contribution in [0.1, 0.15) is 25.7 Å².